The number of esters is 2. The maximum absolute atomic E-state index is 15.1. The van der Waals surface area contributed by atoms with Crippen LogP contribution in [0.1, 0.15) is 170 Å². The predicted molar refractivity (Wildman–Crippen MR) is 365 cm³/mol. The van der Waals surface area contributed by atoms with Crippen molar-refractivity contribution < 1.29 is 84.7 Å². The molecule has 4 aromatic rings. The van der Waals surface area contributed by atoms with E-state index < -0.39 is 123 Å². The van der Waals surface area contributed by atoms with Gasteiger partial charge in [-0.1, -0.05) is 87.4 Å². The summed E-state index contributed by atoms with van der Waals surface area (Å²) in [5.74, 6) is -10.1. The van der Waals surface area contributed by atoms with Gasteiger partial charge < -0.3 is 54.2 Å². The summed E-state index contributed by atoms with van der Waals surface area (Å²) in [5, 5.41) is 15.7. The molecule has 101 heavy (non-hydrogen) atoms. The van der Waals surface area contributed by atoms with E-state index in [2.05, 4.69) is 49.8 Å². The average molecular weight is 1410 g/mol. The van der Waals surface area contributed by atoms with Crippen LogP contribution in [0.2, 0.25) is 0 Å². The maximum Gasteiger partial charge on any atom is 0.408 e. The van der Waals surface area contributed by atoms with Crippen molar-refractivity contribution >= 4 is 69.6 Å². The Morgan fingerprint density at radius 3 is 1.55 bits per heavy atom. The van der Waals surface area contributed by atoms with Crippen LogP contribution in [-0.4, -0.2) is 156 Å². The number of carbonyl (C=O) groups is 8. The summed E-state index contributed by atoms with van der Waals surface area (Å²) in [7, 11) is 0. The molecule has 4 amide bonds. The van der Waals surface area contributed by atoms with Gasteiger partial charge in [0.1, 0.15) is 29.4 Å². The molecule has 0 radical (unpaired) electrons. The van der Waals surface area contributed by atoms with Gasteiger partial charge in [-0.3, -0.25) is 33.6 Å². The summed E-state index contributed by atoms with van der Waals surface area (Å²) in [6.07, 6.45) is 13.5. The Hall–Kier alpha value is -8.88. The molecule has 2 saturated heterocycles. The van der Waals surface area contributed by atoms with Gasteiger partial charge in [-0.2, -0.15) is 17.6 Å². The van der Waals surface area contributed by atoms with Gasteiger partial charge in [-0.25, -0.2) is 24.5 Å². The van der Waals surface area contributed by atoms with Crippen molar-refractivity contribution in [2.75, 3.05) is 26.3 Å². The first-order valence-corrected chi connectivity index (χ1v) is 34.7. The van der Waals surface area contributed by atoms with Crippen molar-refractivity contribution in [3.05, 3.63) is 120 Å². The number of aromatic nitrogens is 4. The van der Waals surface area contributed by atoms with Crippen LogP contribution in [0, 0.1) is 22.7 Å². The minimum Gasteiger partial charge on any atom is -0.471 e. The number of nitrogens with zero attached hydrogens (tertiary/aromatic N) is 5. The van der Waals surface area contributed by atoms with Gasteiger partial charge in [0.2, 0.25) is 17.7 Å². The molecule has 10 atom stereocenters. The lowest BCUT2D eigenvalue weighted by atomic mass is 9.91. The number of ketones is 2. The molecular weight excluding hydrogens is 1320 g/mol. The van der Waals surface area contributed by atoms with Gasteiger partial charge in [-0.15, -0.1) is 0 Å². The third kappa shape index (κ3) is 19.8. The molecule has 0 bridgehead atoms. The van der Waals surface area contributed by atoms with Gasteiger partial charge in [0, 0.05) is 32.2 Å². The first-order chi connectivity index (χ1) is 47.7. The molecule has 548 valence electrons. The van der Waals surface area contributed by atoms with Crippen molar-refractivity contribution in [3.63, 3.8) is 0 Å². The number of allylic oxidation sites excluding steroid dienone is 6. The van der Waals surface area contributed by atoms with Crippen LogP contribution in [0.25, 0.3) is 22.1 Å². The van der Waals surface area contributed by atoms with Crippen LogP contribution in [0.3, 0.4) is 0 Å². The minimum absolute atomic E-state index is 0.0114. The molecule has 0 unspecified atom stereocenters. The van der Waals surface area contributed by atoms with E-state index >= 15 is 8.78 Å². The van der Waals surface area contributed by atoms with E-state index in [4.69, 9.17) is 23.7 Å². The van der Waals surface area contributed by atoms with E-state index in [1.54, 1.807) is 104 Å². The van der Waals surface area contributed by atoms with Gasteiger partial charge in [0.25, 0.3) is 5.56 Å². The SMILES string of the molecule is C=CC(F)(F)c1nc2ccccc2[nH]c1=O.C=CC(F)(F)c1nc2ccccc2nc1O[C@@H]1C[C@H]2C(=O)C[C@]3(C(=O)OCC)C[C@H]3/C=C\CCCCC[C@H](NC(=O)OC(C)(C)C)C(=O)N2C1.CCOC(=O)[C@]12CC(=O)[C@@H]3C[C@H](O)CN3C(=O)[C@@H](NC(=O)OC(C)(C)C)CCCCC/C=C\[C@@H]1C2. The Kier molecular flexibility index (Phi) is 25.3. The highest BCUT2D eigenvalue weighted by Gasteiger charge is 2.63. The number of aromatic amines is 1. The molecule has 2 saturated carbocycles. The molecule has 4 aliphatic heterocycles. The molecule has 0 spiro atoms. The molecule has 2 aromatic heterocycles. The number of alkyl halides is 4. The first kappa shape index (κ1) is 77.9. The van der Waals surface area contributed by atoms with E-state index in [1.807, 2.05) is 18.2 Å². The quantitative estimate of drug-likeness (QED) is 0.0443. The van der Waals surface area contributed by atoms with Gasteiger partial charge in [0.15, 0.2) is 23.0 Å². The van der Waals surface area contributed by atoms with Crippen LogP contribution in [0.15, 0.2) is 103 Å². The summed E-state index contributed by atoms with van der Waals surface area (Å²) in [4.78, 5) is 136. The fourth-order valence-electron chi connectivity index (χ4n) is 13.2. The Morgan fingerprint density at radius 1 is 0.624 bits per heavy atom. The smallest absolute Gasteiger partial charge is 0.408 e. The number of fused-ring (bicyclic) bond motifs is 6. The second-order valence-corrected chi connectivity index (χ2v) is 28.5. The number of para-hydroxylation sites is 4. The van der Waals surface area contributed by atoms with Crippen LogP contribution in [-0.2, 0) is 59.6 Å². The monoisotopic (exact) mass is 1410 g/mol. The summed E-state index contributed by atoms with van der Waals surface area (Å²) in [6.45, 7) is 20.3. The molecule has 10 rings (SSSR count). The molecule has 23 nitrogen and oxygen atoms in total. The number of ether oxygens (including phenoxy) is 5. The zero-order valence-electron chi connectivity index (χ0n) is 58.7. The van der Waals surface area contributed by atoms with Crippen LogP contribution < -0.4 is 20.9 Å². The van der Waals surface area contributed by atoms with Gasteiger partial charge in [0.05, 0.1) is 70.8 Å². The number of alkyl carbamates (subject to hydrolysis) is 2. The number of amides is 4. The number of aliphatic hydroxyl groups excluding tert-OH is 1. The molecule has 2 aliphatic carbocycles. The van der Waals surface area contributed by atoms with E-state index in [1.165, 1.54) is 9.80 Å². The summed E-state index contributed by atoms with van der Waals surface area (Å²) >= 11 is 0. The van der Waals surface area contributed by atoms with Crippen molar-refractivity contribution in [1.82, 2.24) is 40.4 Å². The number of H-pyrrole nitrogens is 1. The fourth-order valence-corrected chi connectivity index (χ4v) is 13.2. The Morgan fingerprint density at radius 2 is 1.07 bits per heavy atom. The van der Waals surface area contributed by atoms with Gasteiger partial charge >= 0.3 is 36.0 Å². The lowest BCUT2D eigenvalue weighted by molar-refractivity contribution is -0.153. The minimum atomic E-state index is -3.59. The highest BCUT2D eigenvalue weighted by molar-refractivity contribution is 5.98. The Labute approximate surface area is 584 Å². The fraction of sp³-hybridized carbons (Fsp3) is 0.568. The third-order valence-electron chi connectivity index (χ3n) is 18.5. The summed E-state index contributed by atoms with van der Waals surface area (Å²) in [5.41, 5.74) is -4.69. The third-order valence-corrected chi connectivity index (χ3v) is 18.5. The van der Waals surface area contributed by atoms with E-state index in [0.29, 0.717) is 60.8 Å². The molecule has 4 fully saturated rings. The molecular formula is C74H94F4N8O15. The normalized spacial score (nSPS) is 26.6. The second kappa shape index (κ2) is 32.8. The van der Waals surface area contributed by atoms with E-state index in [-0.39, 0.29) is 93.3 Å². The Balaban J connectivity index is 0.000000218. The number of benzene rings is 2. The van der Waals surface area contributed by atoms with Crippen LogP contribution >= 0.6 is 0 Å². The zero-order valence-corrected chi connectivity index (χ0v) is 58.7. The number of carbonyl (C=O) groups excluding carboxylic acids is 8. The van der Waals surface area contributed by atoms with Crippen LogP contribution in [0.4, 0.5) is 27.2 Å². The second-order valence-electron chi connectivity index (χ2n) is 28.5. The van der Waals surface area contributed by atoms with Crippen molar-refractivity contribution in [2.45, 2.75) is 218 Å². The number of rotatable bonds is 12. The molecule has 2 aromatic carbocycles. The number of aliphatic hydroxyl groups is 1. The van der Waals surface area contributed by atoms with Crippen molar-refractivity contribution in [3.8, 4) is 5.88 Å². The molecule has 27 heteroatoms. The number of Topliss-reactive ketones (excluding diaryl/α,β-unsaturated/α-hetero) is 2. The van der Waals surface area contributed by atoms with Gasteiger partial charge in [-0.05, 0) is 155 Å². The number of hydrogen-bond donors (Lipinski definition) is 4. The lowest BCUT2D eigenvalue weighted by Crippen LogP contribution is -2.52. The Bertz CT molecular complexity index is 3850. The zero-order chi connectivity index (χ0) is 73.8. The maximum atomic E-state index is 15.1. The highest BCUT2D eigenvalue weighted by atomic mass is 19.3. The molecule has 6 aliphatic rings. The predicted octanol–water partition coefficient (Wildman–Crippen LogP) is 11.3. The highest BCUT2D eigenvalue weighted by Crippen LogP contribution is 2.59. The standard InChI is InChI=1S/C37H46F2N4O7.C26H40N2O7.C11H8F2N2O/c1-6-37(38,39)30-31(41-26-17-14-13-16-25(26)40-30)49-24-19-28-29(44)21-36(33(46)48-7-2)20-23(36)15-11-9-8-10-12-18-27(32(45)43(28)22-24)42-34(47)50-35(3,4)5;1-5-34-23(32)26-14-17(26)11-9-7-6-8-10-12-19(27-24(33)35-25(2,3)4)22(31)28-16-18(29)13-20(28)21(30)15-26;1-2-11(12,13)9-10(16)15-8-6-4-3-5-7(8)14-9/h6,11,13-17,23-24,27-28H,1,7-10,12,18-22H2,2-5H3,(H,42,47);9,11,17-20,29H,5-8,10,12-16H2,1-4H3,(H,27,33);2-6H,1H2,(H,15,16)/b15-11-;11-9-;/t23-,24-,27+,28+,36-;17-,18+,19+,20+,26-;/m11./s1. The number of halogens is 4. The van der Waals surface area contributed by atoms with E-state index in [0.717, 1.165) is 38.5 Å². The summed E-state index contributed by atoms with van der Waals surface area (Å²) < 4.78 is 84.4. The van der Waals surface area contributed by atoms with Crippen molar-refractivity contribution in [2.24, 2.45) is 22.7 Å². The number of hydrogen-bond acceptors (Lipinski definition) is 18. The summed E-state index contributed by atoms with van der Waals surface area (Å²) in [6, 6.07) is 9.17. The largest absolute Gasteiger partial charge is 0.471 e. The van der Waals surface area contributed by atoms with Crippen LogP contribution in [0.5, 0.6) is 5.88 Å². The topological polar surface area (TPSA) is 305 Å². The number of nitrogens with one attached hydrogen (secondary N) is 3. The van der Waals surface area contributed by atoms with E-state index in [9.17, 15) is 57.0 Å². The first-order valence-electron chi connectivity index (χ1n) is 34.7. The molecule has 4 N–H and O–H groups in total. The average Bonchev–Trinajstić information content (AvgIpc) is 1.20. The van der Waals surface area contributed by atoms with Crippen molar-refractivity contribution in [1.29, 1.82) is 0 Å². The lowest BCUT2D eigenvalue weighted by Gasteiger charge is -2.30. The molecule has 6 heterocycles.